The van der Waals surface area contributed by atoms with Crippen molar-refractivity contribution in [2.75, 3.05) is 13.7 Å². The number of hydrogen-bond acceptors (Lipinski definition) is 4. The summed E-state index contributed by atoms with van der Waals surface area (Å²) in [7, 11) is 1.60. The highest BCUT2D eigenvalue weighted by molar-refractivity contribution is 7.16. The molecule has 0 aliphatic heterocycles. The van der Waals surface area contributed by atoms with E-state index in [0.29, 0.717) is 21.7 Å². The number of ether oxygens (including phenoxy) is 2. The zero-order chi connectivity index (χ0) is 17.7. The van der Waals surface area contributed by atoms with Gasteiger partial charge < -0.3 is 14.8 Å². The Morgan fingerprint density at radius 1 is 1.21 bits per heavy atom. The van der Waals surface area contributed by atoms with E-state index in [2.05, 4.69) is 5.32 Å². The van der Waals surface area contributed by atoms with Gasteiger partial charge in [-0.15, -0.1) is 11.3 Å². The van der Waals surface area contributed by atoms with Gasteiger partial charge in [-0.3, -0.25) is 4.79 Å². The maximum Gasteiger partial charge on any atom is 0.263 e. The number of nitrogens with one attached hydrogen (secondary N) is 1. The van der Waals surface area contributed by atoms with Crippen LogP contribution >= 0.6 is 34.5 Å². The summed E-state index contributed by atoms with van der Waals surface area (Å²) in [4.78, 5) is 13.4. The van der Waals surface area contributed by atoms with Gasteiger partial charge in [-0.25, -0.2) is 0 Å². The highest BCUT2D eigenvalue weighted by Gasteiger charge is 2.30. The van der Waals surface area contributed by atoms with Crippen molar-refractivity contribution in [3.63, 3.8) is 0 Å². The lowest BCUT2D eigenvalue weighted by atomic mass is 10.1. The van der Waals surface area contributed by atoms with E-state index in [0.717, 1.165) is 4.88 Å². The summed E-state index contributed by atoms with van der Waals surface area (Å²) in [6.45, 7) is 3.75. The molecule has 2 rings (SSSR count). The van der Waals surface area contributed by atoms with Gasteiger partial charge in [-0.05, 0) is 50.2 Å². The third kappa shape index (κ3) is 5.11. The van der Waals surface area contributed by atoms with Crippen molar-refractivity contribution in [2.45, 2.75) is 25.6 Å². The summed E-state index contributed by atoms with van der Waals surface area (Å²) >= 11 is 13.2. The van der Waals surface area contributed by atoms with E-state index in [-0.39, 0.29) is 12.0 Å². The van der Waals surface area contributed by atoms with Crippen molar-refractivity contribution < 1.29 is 14.3 Å². The van der Waals surface area contributed by atoms with Crippen molar-refractivity contribution in [3.05, 3.63) is 50.6 Å². The summed E-state index contributed by atoms with van der Waals surface area (Å²) < 4.78 is 11.9. The van der Waals surface area contributed by atoms with Gasteiger partial charge in [0.05, 0.1) is 4.34 Å². The molecule has 1 N–H and O–H groups in total. The first-order valence-electron chi connectivity index (χ1n) is 7.33. The predicted molar refractivity (Wildman–Crippen MR) is 98.2 cm³/mol. The van der Waals surface area contributed by atoms with Crippen LogP contribution in [-0.4, -0.2) is 25.2 Å². The van der Waals surface area contributed by atoms with Crippen LogP contribution in [0.25, 0.3) is 0 Å². The number of amides is 1. The quantitative estimate of drug-likeness (QED) is 0.747. The molecule has 0 bridgehead atoms. The van der Waals surface area contributed by atoms with Gasteiger partial charge >= 0.3 is 0 Å². The number of carbonyl (C=O) groups excluding carboxylic acids is 1. The van der Waals surface area contributed by atoms with Crippen molar-refractivity contribution in [3.8, 4) is 5.75 Å². The van der Waals surface area contributed by atoms with Gasteiger partial charge in [0.25, 0.3) is 5.91 Å². The van der Waals surface area contributed by atoms with Crippen molar-refractivity contribution in [2.24, 2.45) is 0 Å². The maximum absolute atomic E-state index is 12.5. The third-order valence-electron chi connectivity index (χ3n) is 3.38. The molecule has 0 unspecified atom stereocenters. The maximum atomic E-state index is 12.5. The van der Waals surface area contributed by atoms with Crippen molar-refractivity contribution >= 4 is 40.4 Å². The van der Waals surface area contributed by atoms with Gasteiger partial charge in [-0.2, -0.15) is 0 Å². The Labute approximate surface area is 155 Å². The number of carbonyl (C=O) groups is 1. The number of benzene rings is 1. The normalized spacial score (nSPS) is 12.7. The average Bonchev–Trinajstić information content (AvgIpc) is 2.96. The van der Waals surface area contributed by atoms with Gasteiger partial charge in [0.15, 0.2) is 5.60 Å². The molecule has 0 aliphatic carbocycles. The van der Waals surface area contributed by atoms with Gasteiger partial charge in [-0.1, -0.05) is 23.2 Å². The van der Waals surface area contributed by atoms with Crippen molar-refractivity contribution in [1.82, 2.24) is 5.32 Å². The van der Waals surface area contributed by atoms with Crippen LogP contribution in [0, 0.1) is 0 Å². The van der Waals surface area contributed by atoms with Crippen LogP contribution in [0.1, 0.15) is 24.8 Å². The van der Waals surface area contributed by atoms with E-state index in [1.165, 1.54) is 11.3 Å². The second-order valence-corrected chi connectivity index (χ2v) is 7.83. The van der Waals surface area contributed by atoms with Crippen molar-refractivity contribution in [1.29, 1.82) is 0 Å². The Hall–Kier alpha value is -1.27. The molecule has 0 fully saturated rings. The molecule has 7 heteroatoms. The highest BCUT2D eigenvalue weighted by Crippen LogP contribution is 2.28. The standard InChI is InChI=1S/C17H19Cl2NO3S/c1-17(2,23-12-6-4-11(18)5-7-12)16(21)20-10-13(22-3)14-8-9-15(19)24-14/h4-9,13H,10H2,1-3H3,(H,20,21)/t13-/m0/s1. The zero-order valence-electron chi connectivity index (χ0n) is 13.6. The SMILES string of the molecule is CO[C@@H](CNC(=O)C(C)(C)Oc1ccc(Cl)cc1)c1ccc(Cl)s1. The fourth-order valence-corrected chi connectivity index (χ4v) is 3.31. The van der Waals surface area contributed by atoms with Gasteiger partial charge in [0.1, 0.15) is 11.9 Å². The Bertz CT molecular complexity index is 685. The molecule has 0 aliphatic rings. The number of thiophene rings is 1. The summed E-state index contributed by atoms with van der Waals surface area (Å²) in [6, 6.07) is 10.6. The molecule has 1 aromatic carbocycles. The van der Waals surface area contributed by atoms with Crippen LogP contribution in [0.3, 0.4) is 0 Å². The molecule has 0 saturated heterocycles. The number of halogens is 2. The lowest BCUT2D eigenvalue weighted by Crippen LogP contribution is -2.47. The summed E-state index contributed by atoms with van der Waals surface area (Å²) in [5.41, 5.74) is -1.03. The molecule has 0 spiro atoms. The van der Waals surface area contributed by atoms with E-state index in [4.69, 9.17) is 32.7 Å². The minimum atomic E-state index is -1.03. The molecule has 2 aromatic rings. The fraction of sp³-hybridized carbons (Fsp3) is 0.353. The largest absolute Gasteiger partial charge is 0.478 e. The number of rotatable bonds is 7. The van der Waals surface area contributed by atoms with E-state index in [1.807, 2.05) is 12.1 Å². The minimum absolute atomic E-state index is 0.234. The monoisotopic (exact) mass is 387 g/mol. The smallest absolute Gasteiger partial charge is 0.263 e. The first kappa shape index (κ1) is 19.1. The van der Waals surface area contributed by atoms with E-state index in [1.54, 1.807) is 45.2 Å². The highest BCUT2D eigenvalue weighted by atomic mass is 35.5. The zero-order valence-corrected chi connectivity index (χ0v) is 16.0. The van der Waals surface area contributed by atoms with Crippen LogP contribution in [0.5, 0.6) is 5.75 Å². The lowest BCUT2D eigenvalue weighted by molar-refractivity contribution is -0.134. The Kier molecular flexibility index (Phi) is 6.52. The van der Waals surface area contributed by atoms with Crippen LogP contribution in [0.4, 0.5) is 0 Å². The molecule has 130 valence electrons. The molecule has 1 aromatic heterocycles. The second kappa shape index (κ2) is 8.21. The minimum Gasteiger partial charge on any atom is -0.478 e. The number of methoxy groups -OCH3 is 1. The molecular weight excluding hydrogens is 369 g/mol. The lowest BCUT2D eigenvalue weighted by Gasteiger charge is -2.26. The van der Waals surface area contributed by atoms with Crippen LogP contribution < -0.4 is 10.1 Å². The van der Waals surface area contributed by atoms with Crippen LogP contribution in [0.2, 0.25) is 9.36 Å². The Morgan fingerprint density at radius 2 is 1.88 bits per heavy atom. The summed E-state index contributed by atoms with van der Waals surface area (Å²) in [6.07, 6.45) is -0.252. The topological polar surface area (TPSA) is 47.6 Å². The number of hydrogen-bond donors (Lipinski definition) is 1. The van der Waals surface area contributed by atoms with Crippen LogP contribution in [0.15, 0.2) is 36.4 Å². The molecule has 4 nitrogen and oxygen atoms in total. The summed E-state index contributed by atoms with van der Waals surface area (Å²) in [5.74, 6) is 0.343. The molecular formula is C17H19Cl2NO3S. The summed E-state index contributed by atoms with van der Waals surface area (Å²) in [5, 5.41) is 3.48. The Morgan fingerprint density at radius 3 is 2.42 bits per heavy atom. The molecule has 1 heterocycles. The molecule has 0 radical (unpaired) electrons. The average molecular weight is 388 g/mol. The predicted octanol–water partition coefficient (Wildman–Crippen LogP) is 4.72. The third-order valence-corrected chi connectivity index (χ3v) is 4.95. The van der Waals surface area contributed by atoms with Gasteiger partial charge in [0, 0.05) is 23.6 Å². The molecule has 1 amide bonds. The Balaban J connectivity index is 1.95. The molecule has 24 heavy (non-hydrogen) atoms. The molecule has 1 atom stereocenters. The first-order chi connectivity index (χ1) is 11.3. The van der Waals surface area contributed by atoms with E-state index in [9.17, 15) is 4.79 Å². The first-order valence-corrected chi connectivity index (χ1v) is 8.90. The molecule has 0 saturated carbocycles. The fourth-order valence-electron chi connectivity index (χ4n) is 2.04. The van der Waals surface area contributed by atoms with E-state index >= 15 is 0 Å². The van der Waals surface area contributed by atoms with Crippen LogP contribution in [-0.2, 0) is 9.53 Å². The van der Waals surface area contributed by atoms with E-state index < -0.39 is 5.60 Å². The van der Waals surface area contributed by atoms with Gasteiger partial charge in [0.2, 0.25) is 0 Å². The second-order valence-electron chi connectivity index (χ2n) is 5.64.